The van der Waals surface area contributed by atoms with E-state index in [0.29, 0.717) is 6.42 Å². The maximum atomic E-state index is 11.9. The molecule has 112 valence electrons. The number of carbonyl (C=O) groups excluding carboxylic acids is 1. The van der Waals surface area contributed by atoms with E-state index < -0.39 is 15.9 Å². The zero-order chi connectivity index (χ0) is 15.5. The number of benzene rings is 1. The Bertz CT molecular complexity index is 600. The molecule has 0 bridgehead atoms. The van der Waals surface area contributed by atoms with Gasteiger partial charge in [0.15, 0.2) is 9.84 Å². The van der Waals surface area contributed by atoms with Gasteiger partial charge in [-0.3, -0.25) is 4.79 Å². The van der Waals surface area contributed by atoms with Gasteiger partial charge in [-0.1, -0.05) is 25.4 Å². The van der Waals surface area contributed by atoms with E-state index in [1.807, 2.05) is 13.8 Å². The Morgan fingerprint density at radius 3 is 2.50 bits per heavy atom. The SMILES string of the molecule is CC(C)C[C@H](N)C(=O)Nc1cc(S(C)(=O)=O)ccc1Cl. The first kappa shape index (κ1) is 16.9. The van der Waals surface area contributed by atoms with E-state index in [4.69, 9.17) is 17.3 Å². The molecule has 0 aliphatic carbocycles. The maximum absolute atomic E-state index is 11.9. The number of halogens is 1. The van der Waals surface area contributed by atoms with Crippen LogP contribution in [0.2, 0.25) is 5.02 Å². The Labute approximate surface area is 124 Å². The van der Waals surface area contributed by atoms with Gasteiger partial charge >= 0.3 is 0 Å². The fourth-order valence-electron chi connectivity index (χ4n) is 1.67. The highest BCUT2D eigenvalue weighted by molar-refractivity contribution is 7.90. The molecule has 0 saturated carbocycles. The Morgan fingerprint density at radius 2 is 2.00 bits per heavy atom. The molecule has 0 saturated heterocycles. The Hall–Kier alpha value is -1.11. The molecule has 0 heterocycles. The maximum Gasteiger partial charge on any atom is 0.241 e. The Balaban J connectivity index is 2.95. The molecule has 1 rings (SSSR count). The van der Waals surface area contributed by atoms with Crippen LogP contribution < -0.4 is 11.1 Å². The average Bonchev–Trinajstić information content (AvgIpc) is 2.29. The number of nitrogens with one attached hydrogen (secondary N) is 1. The standard InChI is InChI=1S/C13H19ClN2O3S/c1-8(2)6-11(15)13(17)16-12-7-9(20(3,18)19)4-5-10(12)14/h4-5,7-8,11H,6,15H2,1-3H3,(H,16,17)/t11-/m0/s1. The van der Waals surface area contributed by atoms with E-state index in [2.05, 4.69) is 5.32 Å². The van der Waals surface area contributed by atoms with Crippen LogP contribution in [0.1, 0.15) is 20.3 Å². The summed E-state index contributed by atoms with van der Waals surface area (Å²) in [5, 5.41) is 2.83. The van der Waals surface area contributed by atoms with Crippen LogP contribution in [0.5, 0.6) is 0 Å². The van der Waals surface area contributed by atoms with E-state index in [0.717, 1.165) is 6.26 Å². The lowest BCUT2D eigenvalue weighted by Crippen LogP contribution is -2.36. The van der Waals surface area contributed by atoms with Crippen LogP contribution >= 0.6 is 11.6 Å². The Morgan fingerprint density at radius 1 is 1.40 bits per heavy atom. The lowest BCUT2D eigenvalue weighted by atomic mass is 10.0. The van der Waals surface area contributed by atoms with Crippen molar-refractivity contribution in [2.75, 3.05) is 11.6 Å². The highest BCUT2D eigenvalue weighted by Crippen LogP contribution is 2.25. The summed E-state index contributed by atoms with van der Waals surface area (Å²) in [5.41, 5.74) is 6.02. The largest absolute Gasteiger partial charge is 0.323 e. The van der Waals surface area contributed by atoms with Gasteiger partial charge in [-0.15, -0.1) is 0 Å². The minimum Gasteiger partial charge on any atom is -0.323 e. The first-order valence-electron chi connectivity index (χ1n) is 6.17. The summed E-state index contributed by atoms with van der Waals surface area (Å²) >= 11 is 5.95. The van der Waals surface area contributed by atoms with Crippen molar-refractivity contribution in [2.45, 2.75) is 31.2 Å². The van der Waals surface area contributed by atoms with Crippen molar-refractivity contribution in [3.63, 3.8) is 0 Å². The Kier molecular flexibility index (Phi) is 5.56. The summed E-state index contributed by atoms with van der Waals surface area (Å²) < 4.78 is 23.0. The number of hydrogen-bond acceptors (Lipinski definition) is 4. The van der Waals surface area contributed by atoms with Gasteiger partial charge in [0.25, 0.3) is 0 Å². The van der Waals surface area contributed by atoms with Gasteiger partial charge < -0.3 is 11.1 Å². The van der Waals surface area contributed by atoms with Crippen LogP contribution in [0.25, 0.3) is 0 Å². The first-order valence-corrected chi connectivity index (χ1v) is 8.44. The third-order valence-electron chi connectivity index (χ3n) is 2.69. The quantitative estimate of drug-likeness (QED) is 0.869. The topological polar surface area (TPSA) is 89.3 Å². The summed E-state index contributed by atoms with van der Waals surface area (Å²) in [4.78, 5) is 12.0. The number of hydrogen-bond donors (Lipinski definition) is 2. The van der Waals surface area contributed by atoms with Gasteiger partial charge in [-0.05, 0) is 30.5 Å². The minimum atomic E-state index is -3.36. The van der Waals surface area contributed by atoms with Crippen LogP contribution in [0, 0.1) is 5.92 Å². The summed E-state index contributed by atoms with van der Waals surface area (Å²) in [5.74, 6) is -0.0974. The van der Waals surface area contributed by atoms with E-state index in [-0.39, 0.29) is 27.4 Å². The van der Waals surface area contributed by atoms with Crippen molar-refractivity contribution in [2.24, 2.45) is 11.7 Å². The van der Waals surface area contributed by atoms with Crippen molar-refractivity contribution in [1.29, 1.82) is 0 Å². The third-order valence-corrected chi connectivity index (χ3v) is 4.13. The van der Waals surface area contributed by atoms with Crippen LogP contribution in [0.15, 0.2) is 23.1 Å². The fourth-order valence-corrected chi connectivity index (χ4v) is 2.48. The minimum absolute atomic E-state index is 0.0923. The molecule has 0 aromatic heterocycles. The number of sulfone groups is 1. The predicted octanol–water partition coefficient (Wildman–Crippen LogP) is 2.06. The predicted molar refractivity (Wildman–Crippen MR) is 80.6 cm³/mol. The van der Waals surface area contributed by atoms with Crippen LogP contribution in [0.4, 0.5) is 5.69 Å². The lowest BCUT2D eigenvalue weighted by molar-refractivity contribution is -0.117. The number of rotatable bonds is 5. The molecule has 0 aliphatic heterocycles. The smallest absolute Gasteiger partial charge is 0.241 e. The normalized spacial score (nSPS) is 13.3. The first-order chi connectivity index (χ1) is 9.11. The van der Waals surface area contributed by atoms with E-state index in [1.54, 1.807) is 0 Å². The molecule has 0 fully saturated rings. The van der Waals surface area contributed by atoms with Crippen LogP contribution in [0.3, 0.4) is 0 Å². The molecule has 1 aromatic carbocycles. The third kappa shape index (κ3) is 4.77. The summed E-state index contributed by atoms with van der Waals surface area (Å²) in [6.45, 7) is 3.93. The molecule has 1 atom stereocenters. The highest BCUT2D eigenvalue weighted by atomic mass is 35.5. The lowest BCUT2D eigenvalue weighted by Gasteiger charge is -2.15. The molecular formula is C13H19ClN2O3S. The van der Waals surface area contributed by atoms with Crippen LogP contribution in [-0.2, 0) is 14.6 Å². The zero-order valence-electron chi connectivity index (χ0n) is 11.7. The van der Waals surface area contributed by atoms with E-state index in [1.165, 1.54) is 18.2 Å². The summed E-state index contributed by atoms with van der Waals surface area (Å²) in [6, 6.07) is 3.49. The molecular weight excluding hydrogens is 300 g/mol. The molecule has 0 radical (unpaired) electrons. The van der Waals surface area contributed by atoms with Gasteiger partial charge in [0.1, 0.15) is 0 Å². The van der Waals surface area contributed by atoms with E-state index >= 15 is 0 Å². The van der Waals surface area contributed by atoms with Gasteiger partial charge in [0.05, 0.1) is 21.6 Å². The summed E-state index contributed by atoms with van der Waals surface area (Å²) in [7, 11) is -3.36. The molecule has 7 heteroatoms. The second kappa shape index (κ2) is 6.56. The second-order valence-electron chi connectivity index (χ2n) is 5.14. The molecule has 0 unspecified atom stereocenters. The summed E-state index contributed by atoms with van der Waals surface area (Å²) in [6.07, 6.45) is 1.63. The number of nitrogens with two attached hydrogens (primary N) is 1. The van der Waals surface area contributed by atoms with E-state index in [9.17, 15) is 13.2 Å². The molecule has 20 heavy (non-hydrogen) atoms. The van der Waals surface area contributed by atoms with Crippen molar-refractivity contribution in [3.05, 3.63) is 23.2 Å². The molecule has 0 spiro atoms. The monoisotopic (exact) mass is 318 g/mol. The van der Waals surface area contributed by atoms with Crippen molar-refractivity contribution < 1.29 is 13.2 Å². The number of carbonyl (C=O) groups is 1. The van der Waals surface area contributed by atoms with Gasteiger partial charge in [-0.2, -0.15) is 0 Å². The molecule has 3 N–H and O–H groups in total. The molecule has 5 nitrogen and oxygen atoms in total. The van der Waals surface area contributed by atoms with Crippen molar-refractivity contribution in [1.82, 2.24) is 0 Å². The second-order valence-corrected chi connectivity index (χ2v) is 7.56. The van der Waals surface area contributed by atoms with Crippen molar-refractivity contribution in [3.8, 4) is 0 Å². The van der Waals surface area contributed by atoms with Gasteiger partial charge in [0.2, 0.25) is 5.91 Å². The average molecular weight is 319 g/mol. The fraction of sp³-hybridized carbons (Fsp3) is 0.462. The van der Waals surface area contributed by atoms with Gasteiger partial charge in [-0.25, -0.2) is 8.42 Å². The molecule has 1 aromatic rings. The zero-order valence-corrected chi connectivity index (χ0v) is 13.3. The van der Waals surface area contributed by atoms with Crippen molar-refractivity contribution >= 4 is 33.0 Å². The van der Waals surface area contributed by atoms with Gasteiger partial charge in [0, 0.05) is 6.26 Å². The molecule has 0 aliphatic rings. The highest BCUT2D eigenvalue weighted by Gasteiger charge is 2.17. The van der Waals surface area contributed by atoms with Crippen LogP contribution in [-0.4, -0.2) is 26.6 Å². The molecule has 1 amide bonds. The number of amides is 1. The number of anilines is 1.